The fourth-order valence-corrected chi connectivity index (χ4v) is 9.36. The average molecular weight is 729 g/mol. The van der Waals surface area contributed by atoms with E-state index in [1.165, 1.54) is 88.8 Å². The van der Waals surface area contributed by atoms with Crippen molar-refractivity contribution in [2.75, 3.05) is 4.90 Å². The molecule has 2 unspecified atom stereocenters. The summed E-state index contributed by atoms with van der Waals surface area (Å²) >= 11 is 0. The molecule has 0 radical (unpaired) electrons. The van der Waals surface area contributed by atoms with Crippen molar-refractivity contribution in [1.82, 2.24) is 4.57 Å². The van der Waals surface area contributed by atoms with Gasteiger partial charge in [-0.2, -0.15) is 0 Å². The summed E-state index contributed by atoms with van der Waals surface area (Å²) in [6.45, 7) is 2.38. The number of nitrogens with zero attached hydrogens (tertiary/aromatic N) is 2. The Morgan fingerprint density at radius 2 is 0.982 bits per heavy atom. The number of anilines is 2. The monoisotopic (exact) mass is 728 g/mol. The molecule has 270 valence electrons. The number of allylic oxidation sites excluding steroid dienone is 2. The van der Waals surface area contributed by atoms with E-state index < -0.39 is 0 Å². The first-order valence-corrected chi connectivity index (χ1v) is 20.0. The molecule has 1 aromatic heterocycles. The van der Waals surface area contributed by atoms with Crippen LogP contribution >= 0.6 is 0 Å². The minimum Gasteiger partial charge on any atom is -0.333 e. The Kier molecular flexibility index (Phi) is 7.89. The summed E-state index contributed by atoms with van der Waals surface area (Å²) in [6.07, 6.45) is 4.95. The van der Waals surface area contributed by atoms with Gasteiger partial charge in [-0.1, -0.05) is 159 Å². The number of aromatic nitrogens is 1. The number of hydrogen-bond donors (Lipinski definition) is 0. The normalized spacial score (nSPS) is 16.0. The van der Waals surface area contributed by atoms with Gasteiger partial charge in [0.1, 0.15) is 0 Å². The highest BCUT2D eigenvalue weighted by molar-refractivity contribution is 6.11. The molecule has 1 aliphatic carbocycles. The maximum absolute atomic E-state index is 2.57. The van der Waals surface area contributed by atoms with E-state index in [0.717, 1.165) is 5.69 Å². The van der Waals surface area contributed by atoms with Crippen LogP contribution in [0, 0.1) is 5.92 Å². The van der Waals surface area contributed by atoms with E-state index in [2.05, 4.69) is 229 Å². The van der Waals surface area contributed by atoms with Gasteiger partial charge in [0.05, 0.1) is 17.1 Å². The summed E-state index contributed by atoms with van der Waals surface area (Å²) in [4.78, 5) is 2.57. The first-order valence-electron chi connectivity index (χ1n) is 20.0. The van der Waals surface area contributed by atoms with Crippen LogP contribution in [0.1, 0.15) is 18.1 Å². The second-order valence-corrected chi connectivity index (χ2v) is 15.4. The van der Waals surface area contributed by atoms with Gasteiger partial charge < -0.3 is 9.47 Å². The molecule has 11 rings (SSSR count). The van der Waals surface area contributed by atoms with E-state index in [4.69, 9.17) is 0 Å². The Morgan fingerprint density at radius 1 is 0.404 bits per heavy atom. The molecule has 57 heavy (non-hydrogen) atoms. The summed E-state index contributed by atoms with van der Waals surface area (Å²) in [7, 11) is 0. The van der Waals surface area contributed by atoms with Gasteiger partial charge in [0.2, 0.25) is 0 Å². The SMILES string of the molecule is CC1C=C(c2ccc3c(c2)c2ccccc2n3-c2cc(-c3ccccc3)cc(-c3ccccc3)c2)C=C2c3ccccc3N(c3cccc(-c4ccccc4)c3)C21. The van der Waals surface area contributed by atoms with Crippen molar-refractivity contribution in [2.24, 2.45) is 5.92 Å². The number of benzene rings is 8. The quantitative estimate of drug-likeness (QED) is 0.165. The Balaban J connectivity index is 1.03. The summed E-state index contributed by atoms with van der Waals surface area (Å²) in [5.74, 6) is 0.280. The molecule has 2 heterocycles. The lowest BCUT2D eigenvalue weighted by atomic mass is 9.83. The van der Waals surface area contributed by atoms with E-state index in [0.29, 0.717) is 0 Å². The lowest BCUT2D eigenvalue weighted by Gasteiger charge is -2.34. The third-order valence-electron chi connectivity index (χ3n) is 12.0. The molecule has 9 aromatic rings. The van der Waals surface area contributed by atoms with E-state index >= 15 is 0 Å². The van der Waals surface area contributed by atoms with Crippen LogP contribution in [0.25, 0.3) is 72.0 Å². The average Bonchev–Trinajstić information content (AvgIpc) is 3.80. The molecule has 0 saturated heterocycles. The van der Waals surface area contributed by atoms with E-state index in [-0.39, 0.29) is 12.0 Å². The first-order chi connectivity index (χ1) is 28.2. The topological polar surface area (TPSA) is 8.17 Å². The summed E-state index contributed by atoms with van der Waals surface area (Å²) in [5.41, 5.74) is 18.6. The molecule has 2 heteroatoms. The number of para-hydroxylation sites is 2. The van der Waals surface area contributed by atoms with Crippen LogP contribution in [0.15, 0.2) is 212 Å². The highest BCUT2D eigenvalue weighted by atomic mass is 15.2. The summed E-state index contributed by atoms with van der Waals surface area (Å²) in [6, 6.07) is 73.3. The Morgan fingerprint density at radius 3 is 1.70 bits per heavy atom. The number of fused-ring (bicyclic) bond motifs is 6. The summed E-state index contributed by atoms with van der Waals surface area (Å²) < 4.78 is 2.45. The largest absolute Gasteiger partial charge is 0.333 e. The number of rotatable bonds is 6. The highest BCUT2D eigenvalue weighted by Crippen LogP contribution is 2.51. The molecular formula is C55H40N2. The Hall–Kier alpha value is -7.16. The van der Waals surface area contributed by atoms with Crippen LogP contribution in [-0.2, 0) is 0 Å². The second kappa shape index (κ2) is 13.5. The van der Waals surface area contributed by atoms with E-state index in [1.54, 1.807) is 0 Å². The summed E-state index contributed by atoms with van der Waals surface area (Å²) in [5, 5.41) is 2.51. The van der Waals surface area contributed by atoms with Gasteiger partial charge in [-0.3, -0.25) is 0 Å². The predicted molar refractivity (Wildman–Crippen MR) is 241 cm³/mol. The van der Waals surface area contributed by atoms with Gasteiger partial charge in [0.15, 0.2) is 0 Å². The molecule has 2 atom stereocenters. The van der Waals surface area contributed by atoms with Gasteiger partial charge in [0, 0.05) is 33.4 Å². The van der Waals surface area contributed by atoms with Crippen molar-refractivity contribution in [1.29, 1.82) is 0 Å². The van der Waals surface area contributed by atoms with Crippen LogP contribution in [-0.4, -0.2) is 10.6 Å². The van der Waals surface area contributed by atoms with E-state index in [9.17, 15) is 0 Å². The minimum atomic E-state index is 0.207. The fourth-order valence-electron chi connectivity index (χ4n) is 9.36. The van der Waals surface area contributed by atoms with Gasteiger partial charge in [-0.25, -0.2) is 0 Å². The first kappa shape index (κ1) is 33.2. The molecule has 2 aliphatic rings. The van der Waals surface area contributed by atoms with Crippen LogP contribution in [0.2, 0.25) is 0 Å². The van der Waals surface area contributed by atoms with Crippen molar-refractivity contribution < 1.29 is 0 Å². The van der Waals surface area contributed by atoms with Crippen LogP contribution in [0.4, 0.5) is 11.4 Å². The van der Waals surface area contributed by atoms with Gasteiger partial charge in [-0.15, -0.1) is 0 Å². The zero-order valence-corrected chi connectivity index (χ0v) is 31.8. The van der Waals surface area contributed by atoms with Crippen LogP contribution < -0.4 is 4.90 Å². The third-order valence-corrected chi connectivity index (χ3v) is 12.0. The molecule has 0 bridgehead atoms. The van der Waals surface area contributed by atoms with Crippen molar-refractivity contribution in [3.8, 4) is 39.1 Å². The van der Waals surface area contributed by atoms with E-state index in [1.807, 2.05) is 0 Å². The molecule has 0 fully saturated rings. The maximum atomic E-state index is 2.57. The standard InChI is InChI=1S/C55H40N2/c1-37-30-43(36-51-49-25-12-14-27-53(49)57(55(37)51)46-23-15-22-41(32-46)38-16-5-2-6-17-38)42-28-29-54-50(35-42)48-24-11-13-26-52(48)56(54)47-33-44(39-18-7-3-8-19-39)31-45(34-47)40-20-9-4-10-21-40/h2-37,55H,1H3. The lowest BCUT2D eigenvalue weighted by molar-refractivity contribution is 0.639. The van der Waals surface area contributed by atoms with Crippen molar-refractivity contribution in [2.45, 2.75) is 13.0 Å². The van der Waals surface area contributed by atoms with Gasteiger partial charge in [-0.05, 0) is 117 Å². The Bertz CT molecular complexity index is 2970. The Labute approximate surface area is 333 Å². The number of hydrogen-bond acceptors (Lipinski definition) is 1. The molecule has 0 saturated carbocycles. The van der Waals surface area contributed by atoms with Crippen LogP contribution in [0.5, 0.6) is 0 Å². The van der Waals surface area contributed by atoms with Gasteiger partial charge in [0.25, 0.3) is 0 Å². The fraction of sp³-hybridized carbons (Fsp3) is 0.0545. The molecular weight excluding hydrogens is 689 g/mol. The highest BCUT2D eigenvalue weighted by Gasteiger charge is 2.39. The molecule has 1 aliphatic heterocycles. The van der Waals surface area contributed by atoms with Crippen molar-refractivity contribution >= 4 is 44.3 Å². The zero-order valence-electron chi connectivity index (χ0n) is 31.8. The molecule has 0 amide bonds. The third kappa shape index (κ3) is 5.64. The molecule has 8 aromatic carbocycles. The predicted octanol–water partition coefficient (Wildman–Crippen LogP) is 14.4. The molecule has 0 N–H and O–H groups in total. The van der Waals surface area contributed by atoms with Crippen molar-refractivity contribution in [3.05, 3.63) is 223 Å². The zero-order chi connectivity index (χ0) is 37.9. The second-order valence-electron chi connectivity index (χ2n) is 15.4. The van der Waals surface area contributed by atoms with Gasteiger partial charge >= 0.3 is 0 Å². The smallest absolute Gasteiger partial charge is 0.0658 e. The lowest BCUT2D eigenvalue weighted by Crippen LogP contribution is -2.33. The molecule has 2 nitrogen and oxygen atoms in total. The van der Waals surface area contributed by atoms with Crippen LogP contribution in [0.3, 0.4) is 0 Å². The van der Waals surface area contributed by atoms with Crippen molar-refractivity contribution in [3.63, 3.8) is 0 Å². The maximum Gasteiger partial charge on any atom is 0.0658 e. The minimum absolute atomic E-state index is 0.207. The molecule has 0 spiro atoms.